The number of amidine groups is 1. The van der Waals surface area contributed by atoms with Crippen LogP contribution in [0.4, 0.5) is 5.69 Å². The molecule has 0 unspecified atom stereocenters. The molecule has 6 nitrogen and oxygen atoms in total. The highest BCUT2D eigenvalue weighted by atomic mass is 32.2. The maximum atomic E-state index is 12.3. The molecular formula is C12H13N3O3S. The molecule has 100 valence electrons. The van der Waals surface area contributed by atoms with Crippen LogP contribution < -0.4 is 0 Å². The predicted octanol–water partition coefficient (Wildman–Crippen LogP) is 2.16. The summed E-state index contributed by atoms with van der Waals surface area (Å²) in [4.78, 5) is 28.4. The van der Waals surface area contributed by atoms with Gasteiger partial charge >= 0.3 is 0 Å². The molecule has 1 aromatic rings. The Hall–Kier alpha value is -1.89. The molecule has 1 aromatic carbocycles. The summed E-state index contributed by atoms with van der Waals surface area (Å²) < 4.78 is 0. The Bertz CT molecular complexity index is 545. The fourth-order valence-electron chi connectivity index (χ4n) is 1.78. The Morgan fingerprint density at radius 1 is 1.58 bits per heavy atom. The number of carbonyl (C=O) groups is 1. The van der Waals surface area contributed by atoms with Gasteiger partial charge in [-0.25, -0.2) is 0 Å². The lowest BCUT2D eigenvalue weighted by Gasteiger charge is -2.17. The molecule has 0 atom stereocenters. The van der Waals surface area contributed by atoms with Crippen molar-refractivity contribution in [3.05, 3.63) is 39.9 Å². The largest absolute Gasteiger partial charge is 0.286 e. The van der Waals surface area contributed by atoms with E-state index in [1.807, 2.05) is 6.92 Å². The predicted molar refractivity (Wildman–Crippen MR) is 74.6 cm³/mol. The summed E-state index contributed by atoms with van der Waals surface area (Å²) >= 11 is 1.50. The number of thioether (sulfide) groups is 1. The summed E-state index contributed by atoms with van der Waals surface area (Å²) in [5, 5.41) is 11.4. The molecule has 0 saturated heterocycles. The molecule has 19 heavy (non-hydrogen) atoms. The maximum Gasteiger partial charge on any atom is 0.270 e. The summed E-state index contributed by atoms with van der Waals surface area (Å²) in [6, 6.07) is 5.78. The zero-order valence-electron chi connectivity index (χ0n) is 10.4. The highest BCUT2D eigenvalue weighted by molar-refractivity contribution is 8.13. The lowest BCUT2D eigenvalue weighted by Crippen LogP contribution is -2.32. The summed E-state index contributed by atoms with van der Waals surface area (Å²) in [5.74, 6) is 0.596. The molecule has 2 rings (SSSR count). The van der Waals surface area contributed by atoms with Gasteiger partial charge in [-0.1, -0.05) is 24.8 Å². The Balaban J connectivity index is 2.22. The van der Waals surface area contributed by atoms with Gasteiger partial charge in [-0.05, 0) is 11.8 Å². The van der Waals surface area contributed by atoms with Gasteiger partial charge in [-0.2, -0.15) is 0 Å². The van der Waals surface area contributed by atoms with Crippen LogP contribution in [0, 0.1) is 10.1 Å². The minimum Gasteiger partial charge on any atom is -0.286 e. The number of amides is 1. The van der Waals surface area contributed by atoms with Crippen LogP contribution in [0.2, 0.25) is 0 Å². The first-order valence-corrected chi connectivity index (χ1v) is 6.85. The Morgan fingerprint density at radius 3 is 3.05 bits per heavy atom. The number of benzene rings is 1. The van der Waals surface area contributed by atoms with E-state index in [0.29, 0.717) is 23.8 Å². The Morgan fingerprint density at radius 2 is 2.37 bits per heavy atom. The van der Waals surface area contributed by atoms with Crippen molar-refractivity contribution in [3.63, 3.8) is 0 Å². The molecule has 1 aliphatic rings. The van der Waals surface area contributed by atoms with Crippen molar-refractivity contribution in [1.82, 2.24) is 4.90 Å². The molecule has 0 saturated carbocycles. The second kappa shape index (κ2) is 5.83. The summed E-state index contributed by atoms with van der Waals surface area (Å²) in [6.07, 6.45) is 0. The van der Waals surface area contributed by atoms with Crippen LogP contribution in [0.5, 0.6) is 0 Å². The van der Waals surface area contributed by atoms with E-state index in [4.69, 9.17) is 0 Å². The van der Waals surface area contributed by atoms with E-state index in [0.717, 1.165) is 5.75 Å². The van der Waals surface area contributed by atoms with Crippen LogP contribution in [0.1, 0.15) is 17.3 Å². The third kappa shape index (κ3) is 2.93. The van der Waals surface area contributed by atoms with Gasteiger partial charge in [0, 0.05) is 24.2 Å². The van der Waals surface area contributed by atoms with Crippen LogP contribution in [0.3, 0.4) is 0 Å². The molecule has 0 bridgehead atoms. The topological polar surface area (TPSA) is 75.8 Å². The minimum absolute atomic E-state index is 0.0771. The first-order valence-electron chi connectivity index (χ1n) is 5.87. The monoisotopic (exact) mass is 279 g/mol. The molecule has 7 heteroatoms. The molecule has 0 spiro atoms. The molecule has 1 amide bonds. The normalized spacial score (nSPS) is 14.4. The van der Waals surface area contributed by atoms with Gasteiger partial charge in [-0.3, -0.25) is 24.8 Å². The van der Waals surface area contributed by atoms with E-state index in [1.165, 1.54) is 30.0 Å². The lowest BCUT2D eigenvalue weighted by atomic mass is 10.2. The number of aliphatic imine (C=N–C) groups is 1. The van der Waals surface area contributed by atoms with Gasteiger partial charge in [0.15, 0.2) is 5.17 Å². The van der Waals surface area contributed by atoms with E-state index in [-0.39, 0.29) is 11.6 Å². The fraction of sp³-hybridized carbons (Fsp3) is 0.333. The van der Waals surface area contributed by atoms with E-state index < -0.39 is 4.92 Å². The van der Waals surface area contributed by atoms with Crippen molar-refractivity contribution >= 4 is 28.5 Å². The third-order valence-electron chi connectivity index (χ3n) is 2.62. The van der Waals surface area contributed by atoms with Gasteiger partial charge < -0.3 is 0 Å². The first kappa shape index (κ1) is 13.5. The van der Waals surface area contributed by atoms with Gasteiger partial charge in [0.25, 0.3) is 11.6 Å². The van der Waals surface area contributed by atoms with Crippen molar-refractivity contribution < 1.29 is 9.72 Å². The second-order valence-electron chi connectivity index (χ2n) is 3.86. The van der Waals surface area contributed by atoms with Gasteiger partial charge in [0.2, 0.25) is 0 Å². The molecule has 0 fully saturated rings. The van der Waals surface area contributed by atoms with Crippen LogP contribution in [0.15, 0.2) is 29.3 Å². The number of rotatable bonds is 3. The number of nitro groups is 1. The molecule has 0 aromatic heterocycles. The second-order valence-corrected chi connectivity index (χ2v) is 5.09. The van der Waals surface area contributed by atoms with E-state index in [2.05, 4.69) is 4.99 Å². The van der Waals surface area contributed by atoms with Crippen LogP contribution in [-0.2, 0) is 0 Å². The summed E-state index contributed by atoms with van der Waals surface area (Å²) in [7, 11) is 0. The van der Waals surface area contributed by atoms with Crippen molar-refractivity contribution in [2.75, 3.05) is 18.8 Å². The number of carbonyl (C=O) groups excluding carboxylic acids is 1. The van der Waals surface area contributed by atoms with E-state index in [1.54, 1.807) is 11.0 Å². The first-order chi connectivity index (χ1) is 9.13. The molecule has 1 heterocycles. The zero-order valence-corrected chi connectivity index (χ0v) is 11.2. The Labute approximate surface area is 114 Å². The average molecular weight is 279 g/mol. The van der Waals surface area contributed by atoms with Crippen molar-refractivity contribution in [3.8, 4) is 0 Å². The van der Waals surface area contributed by atoms with Crippen molar-refractivity contribution in [1.29, 1.82) is 0 Å². The number of nitro benzene ring substituents is 1. The molecule has 0 aliphatic carbocycles. The third-order valence-corrected chi connectivity index (χ3v) is 3.52. The highest BCUT2D eigenvalue weighted by Crippen LogP contribution is 2.19. The van der Waals surface area contributed by atoms with Gasteiger partial charge in [-0.15, -0.1) is 0 Å². The van der Waals surface area contributed by atoms with Gasteiger partial charge in [0.1, 0.15) is 0 Å². The van der Waals surface area contributed by atoms with Crippen LogP contribution in [-0.4, -0.2) is 39.7 Å². The average Bonchev–Trinajstić information content (AvgIpc) is 2.86. The SMILES string of the molecule is CCSC1=NCCN1C(=O)c1cccc([N+](=O)[O-])c1. The van der Waals surface area contributed by atoms with Gasteiger partial charge in [0.05, 0.1) is 11.5 Å². The molecule has 0 N–H and O–H groups in total. The van der Waals surface area contributed by atoms with Crippen molar-refractivity contribution in [2.45, 2.75) is 6.92 Å². The number of nitrogens with zero attached hydrogens (tertiary/aromatic N) is 3. The number of hydrogen-bond donors (Lipinski definition) is 0. The summed E-state index contributed by atoms with van der Waals surface area (Å²) in [5.41, 5.74) is 0.243. The zero-order chi connectivity index (χ0) is 13.8. The Kier molecular flexibility index (Phi) is 4.16. The minimum atomic E-state index is -0.503. The maximum absolute atomic E-state index is 12.3. The van der Waals surface area contributed by atoms with Crippen molar-refractivity contribution in [2.24, 2.45) is 4.99 Å². The van der Waals surface area contributed by atoms with Crippen LogP contribution >= 0.6 is 11.8 Å². The smallest absolute Gasteiger partial charge is 0.270 e. The lowest BCUT2D eigenvalue weighted by molar-refractivity contribution is -0.384. The van der Waals surface area contributed by atoms with E-state index in [9.17, 15) is 14.9 Å². The number of hydrogen-bond acceptors (Lipinski definition) is 5. The summed E-state index contributed by atoms with van der Waals surface area (Å²) in [6.45, 7) is 3.11. The molecule has 1 aliphatic heterocycles. The quantitative estimate of drug-likeness (QED) is 0.627. The van der Waals surface area contributed by atoms with Crippen LogP contribution in [0.25, 0.3) is 0 Å². The number of non-ortho nitro benzene ring substituents is 1. The fourth-order valence-corrected chi connectivity index (χ4v) is 2.55. The highest BCUT2D eigenvalue weighted by Gasteiger charge is 2.25. The standard InChI is InChI=1S/C12H13N3O3S/c1-2-19-12-13-6-7-14(12)11(16)9-4-3-5-10(8-9)15(17)18/h3-5,8H,2,6-7H2,1H3. The molecule has 0 radical (unpaired) electrons. The molecular weight excluding hydrogens is 266 g/mol. The van der Waals surface area contributed by atoms with E-state index >= 15 is 0 Å².